The third kappa shape index (κ3) is 4.55. The molecule has 3 rings (SSSR count). The smallest absolute Gasteiger partial charge is 0.435 e. The number of rotatable bonds is 4. The summed E-state index contributed by atoms with van der Waals surface area (Å²) in [7, 11) is 0. The zero-order valence-corrected chi connectivity index (χ0v) is 16.4. The summed E-state index contributed by atoms with van der Waals surface area (Å²) in [5.74, 6) is -0.198. The molecule has 1 fully saturated rings. The number of pyridine rings is 1. The number of anilines is 1. The fourth-order valence-corrected chi connectivity index (χ4v) is 2.69. The topological polar surface area (TPSA) is 110 Å². The van der Waals surface area contributed by atoms with Crippen LogP contribution >= 0.6 is 0 Å². The number of hydrogen-bond acceptors (Lipinski definition) is 6. The lowest BCUT2D eigenvalue weighted by molar-refractivity contribution is -0.117. The van der Waals surface area contributed by atoms with Crippen LogP contribution in [0.25, 0.3) is 0 Å². The highest BCUT2D eigenvalue weighted by molar-refractivity contribution is 5.95. The molecular formula is C20H23N5O3. The van der Waals surface area contributed by atoms with Crippen molar-refractivity contribution in [2.75, 3.05) is 5.32 Å². The molecule has 146 valence electrons. The van der Waals surface area contributed by atoms with Crippen LogP contribution in [0.3, 0.4) is 0 Å². The van der Waals surface area contributed by atoms with E-state index in [4.69, 9.17) is 10.00 Å². The van der Waals surface area contributed by atoms with E-state index < -0.39 is 17.6 Å². The highest BCUT2D eigenvalue weighted by Gasteiger charge is 2.32. The third-order valence-electron chi connectivity index (χ3n) is 4.34. The Bertz CT molecular complexity index is 930. The number of hydrogen-bond donors (Lipinski definition) is 1. The standard InChI is InChI=1S/C20H23N5O3/c1-12(14-7-8-15(10-21)22-11-14)18(26)23-17-9-16(13-5-6-13)25(24-17)19(27)28-20(2,3)4/h7-9,11-13H,5-6H2,1-4H3,(H,23,24,26). The molecule has 1 amide bonds. The summed E-state index contributed by atoms with van der Waals surface area (Å²) in [5, 5.41) is 15.8. The Labute approximate surface area is 163 Å². The summed E-state index contributed by atoms with van der Waals surface area (Å²) in [5.41, 5.74) is 1.09. The maximum absolute atomic E-state index is 12.6. The second-order valence-electron chi connectivity index (χ2n) is 7.92. The van der Waals surface area contributed by atoms with Crippen LogP contribution in [0.1, 0.15) is 69.3 Å². The van der Waals surface area contributed by atoms with Crippen LogP contribution in [0.5, 0.6) is 0 Å². The van der Waals surface area contributed by atoms with Gasteiger partial charge in [0.25, 0.3) is 0 Å². The van der Waals surface area contributed by atoms with Gasteiger partial charge in [0.15, 0.2) is 5.82 Å². The van der Waals surface area contributed by atoms with Crippen molar-refractivity contribution < 1.29 is 14.3 Å². The van der Waals surface area contributed by atoms with Gasteiger partial charge in [0.2, 0.25) is 5.91 Å². The first-order valence-electron chi connectivity index (χ1n) is 9.18. The van der Waals surface area contributed by atoms with E-state index in [1.807, 2.05) is 6.07 Å². The molecule has 2 aromatic rings. The summed E-state index contributed by atoms with van der Waals surface area (Å²) in [6.45, 7) is 7.12. The van der Waals surface area contributed by atoms with E-state index in [2.05, 4.69) is 15.4 Å². The zero-order chi connectivity index (χ0) is 20.5. The average molecular weight is 381 g/mol. The van der Waals surface area contributed by atoms with Gasteiger partial charge in [0.05, 0.1) is 11.6 Å². The second kappa shape index (κ2) is 7.43. The predicted molar refractivity (Wildman–Crippen MR) is 102 cm³/mol. The van der Waals surface area contributed by atoms with Gasteiger partial charge in [-0.05, 0) is 52.2 Å². The molecule has 8 heteroatoms. The Morgan fingerprint density at radius 1 is 1.36 bits per heavy atom. The molecule has 28 heavy (non-hydrogen) atoms. The number of carbonyl (C=O) groups excluding carboxylic acids is 2. The lowest BCUT2D eigenvalue weighted by Gasteiger charge is -2.19. The van der Waals surface area contributed by atoms with Crippen molar-refractivity contribution in [1.82, 2.24) is 14.8 Å². The quantitative estimate of drug-likeness (QED) is 0.867. The molecule has 1 aliphatic carbocycles. The average Bonchev–Trinajstić information content (AvgIpc) is 3.40. The largest absolute Gasteiger partial charge is 0.442 e. The van der Waals surface area contributed by atoms with Crippen molar-refractivity contribution in [3.8, 4) is 6.07 Å². The SMILES string of the molecule is CC(C(=O)Nc1cc(C2CC2)n(C(=O)OC(C)(C)C)n1)c1ccc(C#N)nc1. The van der Waals surface area contributed by atoms with Gasteiger partial charge >= 0.3 is 6.09 Å². The van der Waals surface area contributed by atoms with Crippen LogP contribution in [0.4, 0.5) is 10.6 Å². The molecule has 8 nitrogen and oxygen atoms in total. The van der Waals surface area contributed by atoms with Crippen LogP contribution in [0.15, 0.2) is 24.4 Å². The van der Waals surface area contributed by atoms with E-state index >= 15 is 0 Å². The van der Waals surface area contributed by atoms with Gasteiger partial charge in [-0.25, -0.2) is 9.78 Å². The number of carbonyl (C=O) groups is 2. The Hall–Kier alpha value is -3.21. The van der Waals surface area contributed by atoms with Crippen molar-refractivity contribution in [2.45, 2.75) is 58.0 Å². The minimum absolute atomic E-state index is 0.255. The van der Waals surface area contributed by atoms with E-state index in [9.17, 15) is 9.59 Å². The summed E-state index contributed by atoms with van der Waals surface area (Å²) in [6.07, 6.45) is 2.92. The molecule has 0 saturated heterocycles. The number of nitriles is 1. The predicted octanol–water partition coefficient (Wildman–Crippen LogP) is 3.55. The monoisotopic (exact) mass is 381 g/mol. The molecule has 1 unspecified atom stereocenters. The van der Waals surface area contributed by atoms with Gasteiger partial charge in [0, 0.05) is 18.2 Å². The fourth-order valence-electron chi connectivity index (χ4n) is 2.69. The van der Waals surface area contributed by atoms with Crippen LogP contribution in [0, 0.1) is 11.3 Å². The molecule has 1 atom stereocenters. The maximum atomic E-state index is 12.6. The molecule has 2 aromatic heterocycles. The summed E-state index contributed by atoms with van der Waals surface area (Å²) in [6, 6.07) is 6.94. The molecule has 1 aliphatic rings. The molecular weight excluding hydrogens is 358 g/mol. The second-order valence-corrected chi connectivity index (χ2v) is 7.92. The van der Waals surface area contributed by atoms with Crippen molar-refractivity contribution in [3.05, 3.63) is 41.3 Å². The Morgan fingerprint density at radius 2 is 2.07 bits per heavy atom. The van der Waals surface area contributed by atoms with Crippen LogP contribution < -0.4 is 5.32 Å². The minimum Gasteiger partial charge on any atom is -0.442 e. The number of nitrogens with one attached hydrogen (secondary N) is 1. The van der Waals surface area contributed by atoms with E-state index in [0.29, 0.717) is 17.1 Å². The van der Waals surface area contributed by atoms with Gasteiger partial charge in [-0.1, -0.05) is 6.07 Å². The fraction of sp³-hybridized carbons (Fsp3) is 0.450. The van der Waals surface area contributed by atoms with Crippen molar-refractivity contribution >= 4 is 17.8 Å². The first kappa shape index (κ1) is 19.5. The summed E-state index contributed by atoms with van der Waals surface area (Å²) in [4.78, 5) is 29.1. The van der Waals surface area contributed by atoms with Crippen molar-refractivity contribution in [2.24, 2.45) is 0 Å². The van der Waals surface area contributed by atoms with E-state index in [0.717, 1.165) is 18.5 Å². The Kier molecular flexibility index (Phi) is 5.18. The highest BCUT2D eigenvalue weighted by Crippen LogP contribution is 2.41. The molecule has 0 bridgehead atoms. The maximum Gasteiger partial charge on any atom is 0.435 e. The number of ether oxygens (including phenoxy) is 1. The molecule has 2 heterocycles. The van der Waals surface area contributed by atoms with E-state index in [1.165, 1.54) is 10.9 Å². The van der Waals surface area contributed by atoms with E-state index in [1.54, 1.807) is 45.9 Å². The summed E-state index contributed by atoms with van der Waals surface area (Å²) >= 11 is 0. The zero-order valence-electron chi connectivity index (χ0n) is 16.4. The number of nitrogens with zero attached hydrogens (tertiary/aromatic N) is 4. The lowest BCUT2D eigenvalue weighted by atomic mass is 10.0. The van der Waals surface area contributed by atoms with Gasteiger partial charge in [-0.3, -0.25) is 4.79 Å². The number of aromatic nitrogens is 3. The summed E-state index contributed by atoms with van der Waals surface area (Å²) < 4.78 is 6.66. The van der Waals surface area contributed by atoms with Gasteiger partial charge in [0.1, 0.15) is 17.4 Å². The normalized spacial score (nSPS) is 14.8. The van der Waals surface area contributed by atoms with Crippen molar-refractivity contribution in [1.29, 1.82) is 5.26 Å². The third-order valence-corrected chi connectivity index (χ3v) is 4.34. The first-order chi connectivity index (χ1) is 13.2. The van der Waals surface area contributed by atoms with Gasteiger partial charge in [-0.2, -0.15) is 9.94 Å². The van der Waals surface area contributed by atoms with Gasteiger partial charge < -0.3 is 10.1 Å². The molecule has 1 saturated carbocycles. The molecule has 0 aromatic carbocycles. The molecule has 0 aliphatic heterocycles. The Balaban J connectivity index is 1.76. The minimum atomic E-state index is -0.635. The van der Waals surface area contributed by atoms with Crippen molar-refractivity contribution in [3.63, 3.8) is 0 Å². The Morgan fingerprint density at radius 3 is 2.61 bits per heavy atom. The highest BCUT2D eigenvalue weighted by atomic mass is 16.6. The number of amides is 1. The van der Waals surface area contributed by atoms with E-state index in [-0.39, 0.29) is 11.8 Å². The first-order valence-corrected chi connectivity index (χ1v) is 9.18. The van der Waals surface area contributed by atoms with Gasteiger partial charge in [-0.15, -0.1) is 5.10 Å². The van der Waals surface area contributed by atoms with Crippen LogP contribution in [-0.2, 0) is 9.53 Å². The van der Waals surface area contributed by atoms with Crippen LogP contribution in [-0.4, -0.2) is 32.4 Å². The molecule has 0 radical (unpaired) electrons. The molecule has 1 N–H and O–H groups in total. The molecule has 0 spiro atoms. The lowest BCUT2D eigenvalue weighted by Crippen LogP contribution is -2.28. The van der Waals surface area contributed by atoms with Crippen LogP contribution in [0.2, 0.25) is 0 Å².